The van der Waals surface area contributed by atoms with Gasteiger partial charge in [-0.1, -0.05) is 24.6 Å². The van der Waals surface area contributed by atoms with E-state index < -0.39 is 11.0 Å². The highest BCUT2D eigenvalue weighted by molar-refractivity contribution is 5.64. The predicted octanol–water partition coefficient (Wildman–Crippen LogP) is 2.09. The van der Waals surface area contributed by atoms with Crippen molar-refractivity contribution in [2.75, 3.05) is 0 Å². The van der Waals surface area contributed by atoms with Gasteiger partial charge in [0.15, 0.2) is 0 Å². The van der Waals surface area contributed by atoms with Crippen LogP contribution in [0.2, 0.25) is 0 Å². The summed E-state index contributed by atoms with van der Waals surface area (Å²) in [7, 11) is 0. The second-order valence-electron chi connectivity index (χ2n) is 5.13. The minimum Gasteiger partial charge on any atom is -0.445 e. The molecule has 1 aliphatic carbocycles. The largest absolute Gasteiger partial charge is 0.445 e. The van der Waals surface area contributed by atoms with E-state index in [4.69, 9.17) is 10.5 Å². The average molecular weight is 293 g/mol. The molecule has 21 heavy (non-hydrogen) atoms. The number of ether oxygens (including phenoxy) is 1. The SMILES string of the molecule is NC(=O)O[C@@H]1CCCC[C@H]1NCc1ccccc1[N+](=O)[O-]. The van der Waals surface area contributed by atoms with E-state index in [0.29, 0.717) is 12.1 Å². The number of hydrogen-bond acceptors (Lipinski definition) is 5. The summed E-state index contributed by atoms with van der Waals surface area (Å²) in [5.41, 5.74) is 5.79. The smallest absolute Gasteiger partial charge is 0.404 e. The van der Waals surface area contributed by atoms with E-state index in [1.807, 2.05) is 0 Å². The molecule has 0 saturated heterocycles. The summed E-state index contributed by atoms with van der Waals surface area (Å²) in [5.74, 6) is 0. The van der Waals surface area contributed by atoms with Crippen molar-refractivity contribution < 1.29 is 14.5 Å². The van der Waals surface area contributed by atoms with Crippen LogP contribution in [0.15, 0.2) is 24.3 Å². The van der Waals surface area contributed by atoms with Gasteiger partial charge < -0.3 is 15.8 Å². The standard InChI is InChI=1S/C14H19N3O4/c15-14(18)21-13-8-4-2-6-11(13)16-9-10-5-1-3-7-12(10)17(19)20/h1,3,5,7,11,13,16H,2,4,6,8-9H2,(H2,15,18)/t11-,13-/m1/s1. The first-order chi connectivity index (χ1) is 10.1. The maximum absolute atomic E-state index is 11.0. The summed E-state index contributed by atoms with van der Waals surface area (Å²) in [5, 5.41) is 14.2. The molecule has 1 amide bonds. The second kappa shape index (κ2) is 7.03. The first-order valence-corrected chi connectivity index (χ1v) is 6.99. The lowest BCUT2D eigenvalue weighted by Gasteiger charge is -2.31. The topological polar surface area (TPSA) is 107 Å². The van der Waals surface area contributed by atoms with Crippen molar-refractivity contribution in [3.63, 3.8) is 0 Å². The number of carbonyl (C=O) groups excluding carboxylic acids is 1. The Morgan fingerprint density at radius 2 is 2.10 bits per heavy atom. The van der Waals surface area contributed by atoms with Gasteiger partial charge in [-0.3, -0.25) is 10.1 Å². The van der Waals surface area contributed by atoms with E-state index in [-0.39, 0.29) is 17.8 Å². The lowest BCUT2D eigenvalue weighted by Crippen LogP contribution is -2.45. The first-order valence-electron chi connectivity index (χ1n) is 6.99. The van der Waals surface area contributed by atoms with Crippen LogP contribution in [0.4, 0.5) is 10.5 Å². The average Bonchev–Trinajstić information content (AvgIpc) is 2.46. The number of amides is 1. The molecule has 2 rings (SSSR count). The lowest BCUT2D eigenvalue weighted by molar-refractivity contribution is -0.385. The minimum atomic E-state index is -0.778. The van der Waals surface area contributed by atoms with Crippen molar-refractivity contribution in [2.45, 2.75) is 44.4 Å². The number of benzene rings is 1. The van der Waals surface area contributed by atoms with Crippen LogP contribution in [-0.2, 0) is 11.3 Å². The normalized spacial score (nSPS) is 21.7. The molecule has 1 aromatic carbocycles. The monoisotopic (exact) mass is 293 g/mol. The number of nitro benzene ring substituents is 1. The number of nitrogens with one attached hydrogen (secondary N) is 1. The number of rotatable bonds is 5. The molecule has 1 aromatic rings. The van der Waals surface area contributed by atoms with E-state index >= 15 is 0 Å². The summed E-state index contributed by atoms with van der Waals surface area (Å²) in [6.45, 7) is 0.362. The fraction of sp³-hybridized carbons (Fsp3) is 0.500. The summed E-state index contributed by atoms with van der Waals surface area (Å²) in [6.07, 6.45) is 2.60. The molecule has 1 aliphatic rings. The molecule has 7 heteroatoms. The van der Waals surface area contributed by atoms with Gasteiger partial charge in [-0.25, -0.2) is 4.79 Å². The fourth-order valence-corrected chi connectivity index (χ4v) is 2.70. The van der Waals surface area contributed by atoms with Gasteiger partial charge in [-0.05, 0) is 19.3 Å². The maximum atomic E-state index is 11.0. The third-order valence-electron chi connectivity index (χ3n) is 3.71. The molecule has 114 valence electrons. The maximum Gasteiger partial charge on any atom is 0.404 e. The number of nitrogens with zero attached hydrogens (tertiary/aromatic N) is 1. The molecule has 0 aromatic heterocycles. The van der Waals surface area contributed by atoms with Crippen molar-refractivity contribution in [1.29, 1.82) is 0 Å². The Kier molecular flexibility index (Phi) is 5.10. The molecule has 7 nitrogen and oxygen atoms in total. The van der Waals surface area contributed by atoms with Gasteiger partial charge in [0.1, 0.15) is 6.10 Å². The Hall–Kier alpha value is -2.15. The van der Waals surface area contributed by atoms with Gasteiger partial charge in [0, 0.05) is 24.2 Å². The van der Waals surface area contributed by atoms with Crippen LogP contribution in [0.25, 0.3) is 0 Å². The number of nitro groups is 1. The predicted molar refractivity (Wildman–Crippen MR) is 76.6 cm³/mol. The highest BCUT2D eigenvalue weighted by Crippen LogP contribution is 2.23. The van der Waals surface area contributed by atoms with Gasteiger partial charge in [-0.15, -0.1) is 0 Å². The second-order valence-corrected chi connectivity index (χ2v) is 5.13. The summed E-state index contributed by atoms with van der Waals surface area (Å²) in [6, 6.07) is 6.59. The van der Waals surface area contributed by atoms with Gasteiger partial charge in [0.25, 0.3) is 5.69 Å². The Bertz CT molecular complexity index is 521. The van der Waals surface area contributed by atoms with E-state index in [0.717, 1.165) is 25.7 Å². The number of primary amides is 1. The van der Waals surface area contributed by atoms with Crippen LogP contribution < -0.4 is 11.1 Å². The minimum absolute atomic E-state index is 0.0222. The van der Waals surface area contributed by atoms with Crippen LogP contribution in [0.5, 0.6) is 0 Å². The Morgan fingerprint density at radius 3 is 2.81 bits per heavy atom. The molecule has 0 unspecified atom stereocenters. The van der Waals surface area contributed by atoms with Gasteiger partial charge in [0.05, 0.1) is 4.92 Å². The third-order valence-corrected chi connectivity index (χ3v) is 3.71. The Labute approximate surface area is 122 Å². The summed E-state index contributed by atoms with van der Waals surface area (Å²) < 4.78 is 5.11. The molecule has 0 heterocycles. The van der Waals surface area contributed by atoms with Crippen LogP contribution in [-0.4, -0.2) is 23.2 Å². The lowest BCUT2D eigenvalue weighted by atomic mass is 9.92. The molecule has 0 spiro atoms. The molecule has 1 fully saturated rings. The van der Waals surface area contributed by atoms with Crippen molar-refractivity contribution in [1.82, 2.24) is 5.32 Å². The highest BCUT2D eigenvalue weighted by Gasteiger charge is 2.27. The quantitative estimate of drug-likeness (QED) is 0.638. The van der Waals surface area contributed by atoms with Crippen LogP contribution in [0.1, 0.15) is 31.2 Å². The fourth-order valence-electron chi connectivity index (χ4n) is 2.70. The van der Waals surface area contributed by atoms with Crippen molar-refractivity contribution in [3.05, 3.63) is 39.9 Å². The molecular formula is C14H19N3O4. The van der Waals surface area contributed by atoms with E-state index in [2.05, 4.69) is 5.32 Å². The van der Waals surface area contributed by atoms with Crippen LogP contribution >= 0.6 is 0 Å². The van der Waals surface area contributed by atoms with Crippen LogP contribution in [0.3, 0.4) is 0 Å². The molecule has 1 saturated carbocycles. The van der Waals surface area contributed by atoms with Gasteiger partial charge >= 0.3 is 6.09 Å². The number of carbonyl (C=O) groups is 1. The molecule has 0 radical (unpaired) electrons. The number of para-hydroxylation sites is 1. The van der Waals surface area contributed by atoms with Gasteiger partial charge in [0.2, 0.25) is 0 Å². The molecule has 3 N–H and O–H groups in total. The van der Waals surface area contributed by atoms with Crippen molar-refractivity contribution in [2.24, 2.45) is 5.73 Å². The molecule has 0 aliphatic heterocycles. The summed E-state index contributed by atoms with van der Waals surface area (Å²) >= 11 is 0. The van der Waals surface area contributed by atoms with Crippen molar-refractivity contribution >= 4 is 11.8 Å². The third kappa shape index (κ3) is 4.16. The zero-order chi connectivity index (χ0) is 15.2. The number of nitrogens with two attached hydrogens (primary N) is 1. The molecule has 2 atom stereocenters. The van der Waals surface area contributed by atoms with E-state index in [9.17, 15) is 14.9 Å². The zero-order valence-electron chi connectivity index (χ0n) is 11.7. The van der Waals surface area contributed by atoms with E-state index in [1.54, 1.807) is 18.2 Å². The summed E-state index contributed by atoms with van der Waals surface area (Å²) in [4.78, 5) is 21.5. The Morgan fingerprint density at radius 1 is 1.38 bits per heavy atom. The zero-order valence-corrected chi connectivity index (χ0v) is 11.7. The molecule has 0 bridgehead atoms. The first kappa shape index (κ1) is 15.2. The van der Waals surface area contributed by atoms with Gasteiger partial charge in [-0.2, -0.15) is 0 Å². The van der Waals surface area contributed by atoms with Crippen LogP contribution in [0, 0.1) is 10.1 Å². The van der Waals surface area contributed by atoms with Crippen molar-refractivity contribution in [3.8, 4) is 0 Å². The van der Waals surface area contributed by atoms with E-state index in [1.165, 1.54) is 6.07 Å². The Balaban J connectivity index is 2.00. The highest BCUT2D eigenvalue weighted by atomic mass is 16.6. The molecular weight excluding hydrogens is 274 g/mol. The number of hydrogen-bond donors (Lipinski definition) is 2.